The average molecular weight is 376 g/mol. The van der Waals surface area contributed by atoms with E-state index in [1.165, 1.54) is 12.1 Å². The normalized spacial score (nSPS) is 16.9. The van der Waals surface area contributed by atoms with E-state index < -0.39 is 15.6 Å². The summed E-state index contributed by atoms with van der Waals surface area (Å²) in [5.41, 5.74) is 6.27. The Morgan fingerprint density at radius 1 is 1.17 bits per heavy atom. The van der Waals surface area contributed by atoms with E-state index in [2.05, 4.69) is 10.0 Å². The number of carbonyl (C=O) groups excluding carboxylic acids is 1. The lowest BCUT2D eigenvalue weighted by Gasteiger charge is -2.31. The summed E-state index contributed by atoms with van der Waals surface area (Å²) >= 11 is 0. The van der Waals surface area contributed by atoms with Crippen LogP contribution in [0.25, 0.3) is 0 Å². The largest absolute Gasteiger partial charge is 0.350 e. The van der Waals surface area contributed by atoms with Gasteiger partial charge in [-0.05, 0) is 30.5 Å². The van der Waals surface area contributed by atoms with Gasteiger partial charge in [-0.2, -0.15) is 0 Å². The molecule has 0 spiro atoms. The zero-order valence-corrected chi connectivity index (χ0v) is 15.5. The number of amides is 1. The molecule has 6 nitrogen and oxygen atoms in total. The van der Waals surface area contributed by atoms with Crippen LogP contribution in [0.3, 0.4) is 0 Å². The lowest BCUT2D eigenvalue weighted by molar-refractivity contribution is -0.127. The number of rotatable bonds is 6. The van der Waals surface area contributed by atoms with Crippen molar-refractivity contribution in [2.75, 3.05) is 6.54 Å². The maximum atomic E-state index is 12.3. The van der Waals surface area contributed by atoms with Crippen LogP contribution in [-0.2, 0) is 21.4 Å². The number of benzene rings is 1. The summed E-state index contributed by atoms with van der Waals surface area (Å²) in [5.74, 6) is -0.124. The molecule has 0 atom stereocenters. The smallest absolute Gasteiger partial charge is 0.240 e. The third-order valence-corrected chi connectivity index (χ3v) is 5.78. The number of halogens is 1. The number of carbonyl (C=O) groups is 1. The molecule has 0 radical (unpaired) electrons. The van der Waals surface area contributed by atoms with Crippen LogP contribution in [-0.4, -0.2) is 26.4 Å². The molecule has 0 heterocycles. The second-order valence-corrected chi connectivity index (χ2v) is 7.81. The topological polar surface area (TPSA) is 101 Å². The van der Waals surface area contributed by atoms with Gasteiger partial charge in [-0.25, -0.2) is 13.1 Å². The lowest BCUT2D eigenvalue weighted by Crippen LogP contribution is -2.54. The molecule has 24 heavy (non-hydrogen) atoms. The predicted octanol–water partition coefficient (Wildman–Crippen LogP) is 1.68. The van der Waals surface area contributed by atoms with Gasteiger partial charge in [0.1, 0.15) is 0 Å². The molecule has 4 N–H and O–H groups in total. The second kappa shape index (κ2) is 8.80. The summed E-state index contributed by atoms with van der Waals surface area (Å²) in [5, 5.41) is 2.86. The van der Waals surface area contributed by atoms with Crippen molar-refractivity contribution < 1.29 is 13.2 Å². The monoisotopic (exact) mass is 375 g/mol. The van der Waals surface area contributed by atoms with Gasteiger partial charge in [0.2, 0.25) is 15.9 Å². The molecule has 0 aliphatic heterocycles. The molecule has 1 aromatic rings. The van der Waals surface area contributed by atoms with Gasteiger partial charge in [0.05, 0.1) is 10.4 Å². The molecule has 1 aliphatic carbocycles. The summed E-state index contributed by atoms with van der Waals surface area (Å²) in [7, 11) is -3.44. The number of sulfonamides is 1. The molecule has 8 heteroatoms. The van der Waals surface area contributed by atoms with Gasteiger partial charge in [0, 0.05) is 13.1 Å². The minimum absolute atomic E-state index is 0. The Labute approximate surface area is 150 Å². The maximum Gasteiger partial charge on any atom is 0.240 e. The Bertz CT molecular complexity index is 641. The number of nitrogens with two attached hydrogens (primary N) is 1. The standard InChI is InChI=1S/C16H25N3O3S.ClH/c1-2-19-23(21,22)14-8-6-13(7-9-14)12-18-15(20)16(17)10-4-3-5-11-16;/h6-9,19H,2-5,10-12,17H2,1H3,(H,18,20);1H. The summed E-state index contributed by atoms with van der Waals surface area (Å²) in [4.78, 5) is 12.5. The van der Waals surface area contributed by atoms with Gasteiger partial charge in [0.15, 0.2) is 0 Å². The highest BCUT2D eigenvalue weighted by Gasteiger charge is 2.34. The van der Waals surface area contributed by atoms with Gasteiger partial charge in [0.25, 0.3) is 0 Å². The molecule has 0 unspecified atom stereocenters. The van der Waals surface area contributed by atoms with Gasteiger partial charge in [-0.3, -0.25) is 4.79 Å². The first-order valence-electron chi connectivity index (χ1n) is 8.03. The van der Waals surface area contributed by atoms with Gasteiger partial charge < -0.3 is 11.1 Å². The number of hydrogen-bond acceptors (Lipinski definition) is 4. The van der Waals surface area contributed by atoms with Crippen molar-refractivity contribution in [2.45, 2.75) is 56.0 Å². The molecule has 0 aromatic heterocycles. The summed E-state index contributed by atoms with van der Waals surface area (Å²) in [6, 6.07) is 6.49. The van der Waals surface area contributed by atoms with Crippen molar-refractivity contribution in [1.29, 1.82) is 0 Å². The van der Waals surface area contributed by atoms with Crippen LogP contribution in [0.1, 0.15) is 44.6 Å². The van der Waals surface area contributed by atoms with Crippen molar-refractivity contribution >= 4 is 28.3 Å². The molecular weight excluding hydrogens is 350 g/mol. The maximum absolute atomic E-state index is 12.3. The molecule has 2 rings (SSSR count). The highest BCUT2D eigenvalue weighted by atomic mass is 35.5. The number of nitrogens with one attached hydrogen (secondary N) is 2. The molecule has 0 saturated heterocycles. The summed E-state index contributed by atoms with van der Waals surface area (Å²) in [6.45, 7) is 2.42. The Kier molecular flexibility index (Phi) is 7.66. The van der Waals surface area contributed by atoms with E-state index in [1.807, 2.05) is 0 Å². The molecule has 1 aromatic carbocycles. The fourth-order valence-electron chi connectivity index (χ4n) is 2.83. The highest BCUT2D eigenvalue weighted by Crippen LogP contribution is 2.26. The molecule has 1 fully saturated rings. The first-order chi connectivity index (χ1) is 10.9. The fraction of sp³-hybridized carbons (Fsp3) is 0.562. The van der Waals surface area contributed by atoms with Crippen LogP contribution in [0.5, 0.6) is 0 Å². The molecule has 1 amide bonds. The van der Waals surface area contributed by atoms with E-state index in [4.69, 9.17) is 5.73 Å². The van der Waals surface area contributed by atoms with E-state index in [9.17, 15) is 13.2 Å². The Morgan fingerprint density at radius 2 is 1.75 bits per heavy atom. The molecule has 0 bridgehead atoms. The number of hydrogen-bond donors (Lipinski definition) is 3. The van der Waals surface area contributed by atoms with Crippen molar-refractivity contribution in [3.05, 3.63) is 29.8 Å². The van der Waals surface area contributed by atoms with Crippen LogP contribution in [0.4, 0.5) is 0 Å². The molecule has 1 saturated carbocycles. The van der Waals surface area contributed by atoms with Gasteiger partial charge in [-0.1, -0.05) is 38.3 Å². The predicted molar refractivity (Wildman–Crippen MR) is 96.4 cm³/mol. The van der Waals surface area contributed by atoms with Crippen molar-refractivity contribution in [3.63, 3.8) is 0 Å². The van der Waals surface area contributed by atoms with Crippen LogP contribution >= 0.6 is 12.4 Å². The van der Waals surface area contributed by atoms with Crippen molar-refractivity contribution in [1.82, 2.24) is 10.0 Å². The summed E-state index contributed by atoms with van der Waals surface area (Å²) < 4.78 is 26.2. The van der Waals surface area contributed by atoms with Crippen LogP contribution in [0.2, 0.25) is 0 Å². The van der Waals surface area contributed by atoms with Crippen LogP contribution in [0.15, 0.2) is 29.2 Å². The van der Waals surface area contributed by atoms with E-state index in [-0.39, 0.29) is 23.2 Å². The first-order valence-corrected chi connectivity index (χ1v) is 9.51. The first kappa shape index (κ1) is 20.9. The van der Waals surface area contributed by atoms with E-state index >= 15 is 0 Å². The zero-order valence-electron chi connectivity index (χ0n) is 13.9. The minimum Gasteiger partial charge on any atom is -0.350 e. The van der Waals surface area contributed by atoms with E-state index in [0.717, 1.165) is 37.7 Å². The minimum atomic E-state index is -3.44. The zero-order chi connectivity index (χ0) is 16.9. The quantitative estimate of drug-likeness (QED) is 0.704. The van der Waals surface area contributed by atoms with E-state index in [1.54, 1.807) is 19.1 Å². The molecule has 136 valence electrons. The van der Waals surface area contributed by atoms with Crippen LogP contribution in [0, 0.1) is 0 Å². The third kappa shape index (κ3) is 5.17. The third-order valence-electron chi connectivity index (χ3n) is 4.22. The van der Waals surface area contributed by atoms with Crippen molar-refractivity contribution in [3.8, 4) is 0 Å². The Hall–Kier alpha value is -1.15. The Balaban J connectivity index is 0.00000288. The fourth-order valence-corrected chi connectivity index (χ4v) is 3.87. The van der Waals surface area contributed by atoms with Gasteiger partial charge in [-0.15, -0.1) is 12.4 Å². The SMILES string of the molecule is CCNS(=O)(=O)c1ccc(CNC(=O)C2(N)CCCCC2)cc1.Cl. The van der Waals surface area contributed by atoms with Crippen molar-refractivity contribution in [2.24, 2.45) is 5.73 Å². The molecular formula is C16H26ClN3O3S. The van der Waals surface area contributed by atoms with Crippen LogP contribution < -0.4 is 15.8 Å². The lowest BCUT2D eigenvalue weighted by atomic mass is 9.82. The highest BCUT2D eigenvalue weighted by molar-refractivity contribution is 7.89. The second-order valence-electron chi connectivity index (χ2n) is 6.04. The van der Waals surface area contributed by atoms with E-state index in [0.29, 0.717) is 13.1 Å². The average Bonchev–Trinajstić information content (AvgIpc) is 2.53. The van der Waals surface area contributed by atoms with Gasteiger partial charge >= 0.3 is 0 Å². The molecule has 1 aliphatic rings. The Morgan fingerprint density at radius 3 is 2.29 bits per heavy atom. The summed E-state index contributed by atoms with van der Waals surface area (Å²) in [6.07, 6.45) is 4.55.